The fourth-order valence-corrected chi connectivity index (χ4v) is 3.39. The first-order valence-corrected chi connectivity index (χ1v) is 5.81. The topological polar surface area (TPSA) is 26.3 Å². The molecule has 1 heterocycles. The van der Waals surface area contributed by atoms with Crippen molar-refractivity contribution >= 4 is 5.97 Å². The molecule has 2 heteroatoms. The molecular formula is C12H20O2. The third kappa shape index (κ3) is 1.12. The molecule has 1 saturated heterocycles. The molecule has 0 bridgehead atoms. The number of rotatable bonds is 1. The molecule has 2 rings (SSSR count). The highest BCUT2D eigenvalue weighted by Gasteiger charge is 2.56. The summed E-state index contributed by atoms with van der Waals surface area (Å²) < 4.78 is 5.47. The van der Waals surface area contributed by atoms with Gasteiger partial charge in [0.2, 0.25) is 0 Å². The zero-order chi connectivity index (χ0) is 10.3. The first-order chi connectivity index (χ1) is 6.60. The van der Waals surface area contributed by atoms with Crippen molar-refractivity contribution in [2.24, 2.45) is 17.3 Å². The standard InChI is InChI=1S/C12H20O2/c1-4-9-6-5-7-10-12(9,3)8(2)11(13)14-10/h8-10H,4-7H2,1-3H3. The molecule has 1 saturated carbocycles. The normalized spacial score (nSPS) is 47.4. The van der Waals surface area contributed by atoms with Crippen LogP contribution in [0, 0.1) is 17.3 Å². The Morgan fingerprint density at radius 3 is 2.86 bits per heavy atom. The second-order valence-electron chi connectivity index (χ2n) is 5.05. The Morgan fingerprint density at radius 2 is 2.21 bits per heavy atom. The summed E-state index contributed by atoms with van der Waals surface area (Å²) in [5, 5.41) is 0. The van der Waals surface area contributed by atoms with E-state index in [4.69, 9.17) is 4.74 Å². The molecule has 0 aromatic carbocycles. The number of fused-ring (bicyclic) bond motifs is 1. The van der Waals surface area contributed by atoms with Gasteiger partial charge in [-0.25, -0.2) is 0 Å². The molecule has 2 aliphatic rings. The van der Waals surface area contributed by atoms with Crippen LogP contribution in [-0.2, 0) is 9.53 Å². The van der Waals surface area contributed by atoms with E-state index >= 15 is 0 Å². The van der Waals surface area contributed by atoms with Crippen molar-refractivity contribution in [3.63, 3.8) is 0 Å². The summed E-state index contributed by atoms with van der Waals surface area (Å²) in [6.07, 6.45) is 4.93. The first kappa shape index (κ1) is 10.0. The molecule has 2 nitrogen and oxygen atoms in total. The number of hydrogen-bond donors (Lipinski definition) is 0. The Bertz CT molecular complexity index is 249. The van der Waals surface area contributed by atoms with Crippen LogP contribution in [0.1, 0.15) is 46.5 Å². The summed E-state index contributed by atoms with van der Waals surface area (Å²) in [6, 6.07) is 0. The maximum atomic E-state index is 11.6. The molecule has 80 valence electrons. The van der Waals surface area contributed by atoms with E-state index < -0.39 is 0 Å². The van der Waals surface area contributed by atoms with E-state index in [0.717, 1.165) is 6.42 Å². The molecule has 14 heavy (non-hydrogen) atoms. The van der Waals surface area contributed by atoms with Crippen LogP contribution in [0.5, 0.6) is 0 Å². The summed E-state index contributed by atoms with van der Waals surface area (Å²) >= 11 is 0. The lowest BCUT2D eigenvalue weighted by Crippen LogP contribution is -2.42. The smallest absolute Gasteiger partial charge is 0.309 e. The van der Waals surface area contributed by atoms with Crippen molar-refractivity contribution in [2.45, 2.75) is 52.6 Å². The third-order valence-electron chi connectivity index (χ3n) is 4.63. The van der Waals surface area contributed by atoms with Gasteiger partial charge in [-0.2, -0.15) is 0 Å². The zero-order valence-electron chi connectivity index (χ0n) is 9.38. The van der Waals surface area contributed by atoms with Crippen LogP contribution in [0.25, 0.3) is 0 Å². The van der Waals surface area contributed by atoms with Gasteiger partial charge < -0.3 is 4.74 Å². The summed E-state index contributed by atoms with van der Waals surface area (Å²) in [6.45, 7) is 6.52. The Kier molecular flexibility index (Phi) is 2.32. The predicted molar refractivity (Wildman–Crippen MR) is 54.8 cm³/mol. The minimum atomic E-state index is 0.0258. The molecule has 1 aliphatic carbocycles. The van der Waals surface area contributed by atoms with Gasteiger partial charge in [-0.15, -0.1) is 0 Å². The lowest BCUT2D eigenvalue weighted by molar-refractivity contribution is -0.144. The van der Waals surface area contributed by atoms with Crippen molar-refractivity contribution in [3.8, 4) is 0 Å². The molecule has 0 amide bonds. The van der Waals surface area contributed by atoms with E-state index in [1.54, 1.807) is 0 Å². The number of esters is 1. The first-order valence-electron chi connectivity index (χ1n) is 5.81. The molecule has 0 aromatic heterocycles. The number of hydrogen-bond acceptors (Lipinski definition) is 2. The van der Waals surface area contributed by atoms with Crippen LogP contribution in [0.2, 0.25) is 0 Å². The van der Waals surface area contributed by atoms with Crippen LogP contribution in [0.15, 0.2) is 0 Å². The Hall–Kier alpha value is -0.530. The minimum absolute atomic E-state index is 0.0258. The molecule has 0 aromatic rings. The Balaban J connectivity index is 2.30. The summed E-state index contributed by atoms with van der Waals surface area (Å²) in [5.74, 6) is 0.790. The van der Waals surface area contributed by atoms with Crippen LogP contribution in [0.3, 0.4) is 0 Å². The second-order valence-corrected chi connectivity index (χ2v) is 5.05. The summed E-state index contributed by atoms with van der Waals surface area (Å²) in [5.41, 5.74) is 0.115. The fraction of sp³-hybridized carbons (Fsp3) is 0.917. The average Bonchev–Trinajstić information content (AvgIpc) is 2.40. The van der Waals surface area contributed by atoms with Crippen molar-refractivity contribution < 1.29 is 9.53 Å². The van der Waals surface area contributed by atoms with Gasteiger partial charge in [0.05, 0.1) is 5.92 Å². The van der Waals surface area contributed by atoms with Gasteiger partial charge >= 0.3 is 5.97 Å². The monoisotopic (exact) mass is 196 g/mol. The van der Waals surface area contributed by atoms with Gasteiger partial charge in [0.15, 0.2) is 0 Å². The lowest BCUT2D eigenvalue weighted by atomic mass is 9.60. The van der Waals surface area contributed by atoms with Crippen molar-refractivity contribution in [1.29, 1.82) is 0 Å². The molecular weight excluding hydrogens is 176 g/mol. The molecule has 4 unspecified atom stereocenters. The van der Waals surface area contributed by atoms with Crippen molar-refractivity contribution in [2.75, 3.05) is 0 Å². The van der Waals surface area contributed by atoms with Crippen LogP contribution >= 0.6 is 0 Å². The second kappa shape index (κ2) is 3.25. The van der Waals surface area contributed by atoms with Crippen LogP contribution in [-0.4, -0.2) is 12.1 Å². The molecule has 2 fully saturated rings. The SMILES string of the molecule is CCC1CCCC2OC(=O)C(C)C12C. The van der Waals surface area contributed by atoms with Gasteiger partial charge in [-0.05, 0) is 25.2 Å². The molecule has 0 radical (unpaired) electrons. The highest BCUT2D eigenvalue weighted by Crippen LogP contribution is 2.53. The highest BCUT2D eigenvalue weighted by atomic mass is 16.6. The maximum Gasteiger partial charge on any atom is 0.309 e. The lowest BCUT2D eigenvalue weighted by Gasteiger charge is -2.42. The number of carbonyl (C=O) groups is 1. The van der Waals surface area contributed by atoms with E-state index in [1.165, 1.54) is 19.3 Å². The van der Waals surface area contributed by atoms with E-state index in [0.29, 0.717) is 5.92 Å². The van der Waals surface area contributed by atoms with Crippen LogP contribution < -0.4 is 0 Å². The number of carbonyl (C=O) groups excluding carboxylic acids is 1. The minimum Gasteiger partial charge on any atom is -0.462 e. The van der Waals surface area contributed by atoms with Gasteiger partial charge in [-0.3, -0.25) is 4.79 Å². The van der Waals surface area contributed by atoms with Gasteiger partial charge in [0.1, 0.15) is 6.10 Å². The fourth-order valence-electron chi connectivity index (χ4n) is 3.39. The maximum absolute atomic E-state index is 11.6. The molecule has 1 aliphatic heterocycles. The van der Waals surface area contributed by atoms with Crippen LogP contribution in [0.4, 0.5) is 0 Å². The van der Waals surface area contributed by atoms with E-state index in [9.17, 15) is 4.79 Å². The van der Waals surface area contributed by atoms with E-state index in [1.807, 2.05) is 6.92 Å². The van der Waals surface area contributed by atoms with Gasteiger partial charge in [0, 0.05) is 5.41 Å². The van der Waals surface area contributed by atoms with Crippen molar-refractivity contribution in [3.05, 3.63) is 0 Å². The van der Waals surface area contributed by atoms with E-state index in [-0.39, 0.29) is 23.4 Å². The molecule has 0 spiro atoms. The molecule has 4 atom stereocenters. The Morgan fingerprint density at radius 1 is 1.50 bits per heavy atom. The van der Waals surface area contributed by atoms with Gasteiger partial charge in [-0.1, -0.05) is 27.2 Å². The van der Waals surface area contributed by atoms with Crippen molar-refractivity contribution in [1.82, 2.24) is 0 Å². The third-order valence-corrected chi connectivity index (χ3v) is 4.63. The zero-order valence-corrected chi connectivity index (χ0v) is 9.38. The van der Waals surface area contributed by atoms with E-state index in [2.05, 4.69) is 13.8 Å². The van der Waals surface area contributed by atoms with Gasteiger partial charge in [0.25, 0.3) is 0 Å². The predicted octanol–water partition coefficient (Wildman–Crippen LogP) is 2.76. The quantitative estimate of drug-likeness (QED) is 0.603. The summed E-state index contributed by atoms with van der Waals surface area (Å²) in [4.78, 5) is 11.6. The highest BCUT2D eigenvalue weighted by molar-refractivity contribution is 5.76. The Labute approximate surface area is 86.0 Å². The average molecular weight is 196 g/mol. The largest absolute Gasteiger partial charge is 0.462 e. The number of ether oxygens (including phenoxy) is 1. The molecule has 0 N–H and O–H groups in total. The summed E-state index contributed by atoms with van der Waals surface area (Å²) in [7, 11) is 0.